The molecule has 0 bridgehead atoms. The third-order valence-corrected chi connectivity index (χ3v) is 14.3. The molecule has 3 heterocycles. The van der Waals surface area contributed by atoms with Crippen LogP contribution in [0, 0.1) is 0 Å². The van der Waals surface area contributed by atoms with E-state index in [1.807, 2.05) is 6.20 Å². The second-order valence-electron chi connectivity index (χ2n) is 23.5. The number of benzene rings is 7. The summed E-state index contributed by atoms with van der Waals surface area (Å²) in [6.07, 6.45) is 1.96. The average Bonchev–Trinajstić information content (AvgIpc) is 3.84. The van der Waals surface area contributed by atoms with Crippen LogP contribution in [0.1, 0.15) is 105 Å². The summed E-state index contributed by atoms with van der Waals surface area (Å²) >= 11 is 0. The summed E-state index contributed by atoms with van der Waals surface area (Å²) < 4.78 is 4.54. The first-order chi connectivity index (χ1) is 33.1. The first-order valence-corrected chi connectivity index (χ1v) is 24.8. The van der Waals surface area contributed by atoms with E-state index in [-0.39, 0.29) is 27.4 Å². The number of hydrogen-bond donors (Lipinski definition) is 1. The molecule has 5 nitrogen and oxygen atoms in total. The van der Waals surface area contributed by atoms with Crippen molar-refractivity contribution < 1.29 is 5.11 Å². The molecule has 0 radical (unpaired) electrons. The highest BCUT2D eigenvalue weighted by molar-refractivity contribution is 6.14. The Labute approximate surface area is 414 Å². The number of para-hydroxylation sites is 4. The number of fused-ring (bicyclic) bond motifs is 4. The lowest BCUT2D eigenvalue weighted by Gasteiger charge is -2.27. The number of aromatic nitrogens is 4. The minimum absolute atomic E-state index is 0.0613. The van der Waals surface area contributed by atoms with Crippen molar-refractivity contribution in [2.24, 2.45) is 7.05 Å². The van der Waals surface area contributed by atoms with Crippen LogP contribution in [0.2, 0.25) is 0 Å². The summed E-state index contributed by atoms with van der Waals surface area (Å²) in [7, 11) is 2.06. The topological polar surface area (TPSA) is 55.9 Å². The zero-order chi connectivity index (χ0) is 49.7. The predicted molar refractivity (Wildman–Crippen MR) is 296 cm³/mol. The maximum Gasteiger partial charge on any atom is 0.144 e. The van der Waals surface area contributed by atoms with Gasteiger partial charge in [0.1, 0.15) is 11.6 Å². The van der Waals surface area contributed by atoms with Crippen LogP contribution < -0.4 is 0 Å². The van der Waals surface area contributed by atoms with Crippen molar-refractivity contribution in [2.45, 2.75) is 105 Å². The van der Waals surface area contributed by atoms with E-state index in [2.05, 4.69) is 251 Å². The largest absolute Gasteiger partial charge is 0.507 e. The van der Waals surface area contributed by atoms with Gasteiger partial charge in [-0.25, -0.2) is 4.98 Å². The predicted octanol–water partition coefficient (Wildman–Crippen LogP) is 17.3. The van der Waals surface area contributed by atoms with Gasteiger partial charge in [-0.3, -0.25) is 4.98 Å². The number of rotatable bonds is 6. The second-order valence-corrected chi connectivity index (χ2v) is 23.5. The van der Waals surface area contributed by atoms with Crippen molar-refractivity contribution in [1.82, 2.24) is 19.1 Å². The van der Waals surface area contributed by atoms with E-state index >= 15 is 0 Å². The maximum atomic E-state index is 12.1. The lowest BCUT2D eigenvalue weighted by Crippen LogP contribution is -2.17. The van der Waals surface area contributed by atoms with E-state index in [9.17, 15) is 5.11 Å². The molecule has 0 fully saturated rings. The van der Waals surface area contributed by atoms with E-state index in [4.69, 9.17) is 9.97 Å². The van der Waals surface area contributed by atoms with E-state index in [0.29, 0.717) is 0 Å². The summed E-state index contributed by atoms with van der Waals surface area (Å²) in [5, 5.41) is 14.5. The molecule has 0 saturated carbocycles. The van der Waals surface area contributed by atoms with E-state index in [0.717, 1.165) is 78.3 Å². The first-order valence-electron chi connectivity index (χ1n) is 24.8. The summed E-state index contributed by atoms with van der Waals surface area (Å²) in [6, 6.07) is 55.3. The van der Waals surface area contributed by atoms with Gasteiger partial charge >= 0.3 is 0 Å². The lowest BCUT2D eigenvalue weighted by atomic mass is 9.78. The molecule has 7 aromatic carbocycles. The van der Waals surface area contributed by atoms with Crippen molar-refractivity contribution in [3.05, 3.63) is 180 Å². The lowest BCUT2D eigenvalue weighted by molar-refractivity contribution is 0.446. The molecular formula is C65H66N4O. The standard InChI is InChI=1S/C65H66N4O/c1-62(2,3)45-34-42(35-46(37-45)63(4,5)6)41-31-43(49-24-20-28-57-58(49)67-61(68(57)13)53-38-47(64(7,8)9)39-54(60(53)70)65(10,11)12)33-44(32-41)55-36-40(29-30-66-55)50-25-19-26-52-51-23-17-18-27-56(51)69(59(50)52)48-21-15-14-16-22-48/h14-39,70H,1-13H3. The van der Waals surface area contributed by atoms with E-state index in [1.165, 1.54) is 38.5 Å². The van der Waals surface area contributed by atoms with Crippen LogP contribution in [0.25, 0.3) is 94.6 Å². The Morgan fingerprint density at radius 1 is 0.443 bits per heavy atom. The molecule has 352 valence electrons. The maximum absolute atomic E-state index is 12.1. The van der Waals surface area contributed by atoms with Gasteiger partial charge in [-0.2, -0.15) is 0 Å². The van der Waals surface area contributed by atoms with E-state index in [1.54, 1.807) is 0 Å². The molecule has 70 heavy (non-hydrogen) atoms. The van der Waals surface area contributed by atoms with Gasteiger partial charge in [0.25, 0.3) is 0 Å². The molecule has 10 aromatic rings. The van der Waals surface area contributed by atoms with Crippen LogP contribution in [-0.4, -0.2) is 24.2 Å². The van der Waals surface area contributed by atoms with Gasteiger partial charge in [-0.05, 0) is 121 Å². The SMILES string of the molecule is Cn1c(-c2cc(C(C)(C)C)cc(C(C)(C)C)c2O)nc2c(-c3cc(-c4cc(C(C)(C)C)cc(C(C)(C)C)c4)cc(-c4cc(-c5cccc6c7ccccc7n(-c7ccccc7)c56)ccn4)c3)cccc21. The van der Waals surface area contributed by atoms with Gasteiger partial charge in [0.05, 0.1) is 33.3 Å². The summed E-state index contributed by atoms with van der Waals surface area (Å²) in [5.41, 5.74) is 18.7. The van der Waals surface area contributed by atoms with E-state index < -0.39 is 0 Å². The monoisotopic (exact) mass is 919 g/mol. The molecule has 0 aliphatic rings. The quantitative estimate of drug-likeness (QED) is 0.181. The average molecular weight is 919 g/mol. The molecule has 10 rings (SSSR count). The number of nitrogens with zero attached hydrogens (tertiary/aromatic N) is 4. The molecule has 0 aliphatic heterocycles. The van der Waals surface area contributed by atoms with Gasteiger partial charge in [0, 0.05) is 52.0 Å². The fourth-order valence-electron chi connectivity index (χ4n) is 10.1. The molecule has 0 atom stereocenters. The first kappa shape index (κ1) is 46.5. The molecular weight excluding hydrogens is 853 g/mol. The zero-order valence-electron chi connectivity index (χ0n) is 43.2. The molecule has 0 unspecified atom stereocenters. The normalized spacial score (nSPS) is 12.7. The van der Waals surface area contributed by atoms with Crippen LogP contribution in [0.4, 0.5) is 0 Å². The minimum Gasteiger partial charge on any atom is -0.507 e. The van der Waals surface area contributed by atoms with Gasteiger partial charge < -0.3 is 14.2 Å². The van der Waals surface area contributed by atoms with Crippen molar-refractivity contribution in [2.75, 3.05) is 0 Å². The smallest absolute Gasteiger partial charge is 0.144 e. The van der Waals surface area contributed by atoms with Gasteiger partial charge in [0.15, 0.2) is 0 Å². The Hall–Kier alpha value is -7.24. The highest BCUT2D eigenvalue weighted by Crippen LogP contribution is 2.45. The van der Waals surface area contributed by atoms with Crippen LogP contribution >= 0.6 is 0 Å². The highest BCUT2D eigenvalue weighted by atomic mass is 16.3. The van der Waals surface area contributed by atoms with Crippen molar-refractivity contribution in [1.29, 1.82) is 0 Å². The number of pyridine rings is 1. The Balaban J connectivity index is 1.21. The van der Waals surface area contributed by atoms with Crippen molar-refractivity contribution in [3.8, 4) is 67.5 Å². The molecule has 0 amide bonds. The van der Waals surface area contributed by atoms with Gasteiger partial charge in [0.2, 0.25) is 0 Å². The second kappa shape index (κ2) is 16.7. The Kier molecular flexibility index (Phi) is 11.1. The molecule has 0 spiro atoms. The summed E-state index contributed by atoms with van der Waals surface area (Å²) in [6.45, 7) is 26.9. The van der Waals surface area contributed by atoms with Gasteiger partial charge in [-0.15, -0.1) is 0 Å². The molecule has 0 aliphatic carbocycles. The van der Waals surface area contributed by atoms with Crippen molar-refractivity contribution in [3.63, 3.8) is 0 Å². The minimum atomic E-state index is -0.276. The fraction of sp³-hybridized carbons (Fsp3) is 0.262. The number of imidazole rings is 1. The zero-order valence-corrected chi connectivity index (χ0v) is 43.2. The molecule has 1 N–H and O–H groups in total. The Morgan fingerprint density at radius 2 is 1.01 bits per heavy atom. The molecule has 5 heteroatoms. The summed E-state index contributed by atoms with van der Waals surface area (Å²) in [4.78, 5) is 10.6. The number of aromatic hydroxyl groups is 1. The number of hydrogen-bond acceptors (Lipinski definition) is 3. The Bertz CT molecular complexity index is 3620. The van der Waals surface area contributed by atoms with Crippen LogP contribution in [0.3, 0.4) is 0 Å². The highest BCUT2D eigenvalue weighted by Gasteiger charge is 2.28. The fourth-order valence-corrected chi connectivity index (χ4v) is 10.1. The van der Waals surface area contributed by atoms with Gasteiger partial charge in [-0.1, -0.05) is 174 Å². The van der Waals surface area contributed by atoms with Crippen LogP contribution in [0.5, 0.6) is 5.75 Å². The third kappa shape index (κ3) is 8.29. The summed E-state index contributed by atoms with van der Waals surface area (Å²) in [5.74, 6) is 1.01. The van der Waals surface area contributed by atoms with Crippen molar-refractivity contribution >= 4 is 32.8 Å². The Morgan fingerprint density at radius 3 is 1.70 bits per heavy atom. The number of phenolic OH excluding ortho intramolecular Hbond substituents is 1. The third-order valence-electron chi connectivity index (χ3n) is 14.3. The molecule has 0 saturated heterocycles. The van der Waals surface area contributed by atoms with Crippen LogP contribution in [-0.2, 0) is 28.7 Å². The van der Waals surface area contributed by atoms with Crippen LogP contribution in [0.15, 0.2) is 158 Å². The number of aryl methyl sites for hydroxylation is 1. The number of phenols is 1. The molecule has 3 aromatic heterocycles.